The van der Waals surface area contributed by atoms with Crippen molar-refractivity contribution in [2.24, 2.45) is 5.73 Å². The molecule has 3 N–H and O–H groups in total. The Hall–Kier alpha value is -0.650. The van der Waals surface area contributed by atoms with Crippen LogP contribution in [-0.2, 0) is 9.53 Å². The first-order valence-electron chi connectivity index (χ1n) is 5.88. The third-order valence-electron chi connectivity index (χ3n) is 3.04. The van der Waals surface area contributed by atoms with Crippen LogP contribution in [0.1, 0.15) is 19.3 Å². The van der Waals surface area contributed by atoms with Gasteiger partial charge in [-0.05, 0) is 26.3 Å². The number of ether oxygens (including phenoxy) is 1. The Balaban J connectivity index is 2.27. The third-order valence-corrected chi connectivity index (χ3v) is 3.04. The second kappa shape index (κ2) is 6.83. The predicted molar refractivity (Wildman–Crippen MR) is 63.1 cm³/mol. The number of hydrogen-bond donors (Lipinski definition) is 2. The molecule has 1 aliphatic rings. The zero-order valence-electron chi connectivity index (χ0n) is 10.2. The van der Waals surface area contributed by atoms with Crippen LogP contribution in [0, 0.1) is 0 Å². The lowest BCUT2D eigenvalue weighted by Crippen LogP contribution is -2.42. The predicted octanol–water partition coefficient (Wildman–Crippen LogP) is -0.439. The van der Waals surface area contributed by atoms with Crippen LogP contribution in [0.15, 0.2) is 0 Å². The number of hydrogen-bond acceptors (Lipinski definition) is 4. The van der Waals surface area contributed by atoms with Crippen molar-refractivity contribution in [3.05, 3.63) is 0 Å². The van der Waals surface area contributed by atoms with Gasteiger partial charge in [0.1, 0.15) is 0 Å². The number of likely N-dealkylation sites (N-methyl/N-ethyl adjacent to an activating group) is 1. The van der Waals surface area contributed by atoms with Crippen molar-refractivity contribution >= 4 is 5.91 Å². The molecule has 0 saturated heterocycles. The Morgan fingerprint density at radius 3 is 2.69 bits per heavy atom. The molecule has 1 aliphatic carbocycles. The molecule has 1 rings (SSSR count). The monoisotopic (exact) mass is 229 g/mol. The molecule has 5 heteroatoms. The summed E-state index contributed by atoms with van der Waals surface area (Å²) in [4.78, 5) is 13.4. The van der Waals surface area contributed by atoms with Crippen molar-refractivity contribution in [1.82, 2.24) is 10.2 Å². The molecule has 0 bridgehead atoms. The van der Waals surface area contributed by atoms with E-state index in [9.17, 15) is 4.79 Å². The van der Waals surface area contributed by atoms with E-state index in [0.717, 1.165) is 26.1 Å². The quantitative estimate of drug-likeness (QED) is 0.562. The van der Waals surface area contributed by atoms with Crippen LogP contribution in [0.2, 0.25) is 0 Å². The van der Waals surface area contributed by atoms with Crippen LogP contribution in [0.4, 0.5) is 0 Å². The molecular weight excluding hydrogens is 206 g/mol. The lowest BCUT2D eigenvalue weighted by molar-refractivity contribution is -0.120. The molecule has 1 unspecified atom stereocenters. The molecule has 0 aromatic carbocycles. The smallest absolute Gasteiger partial charge is 0.234 e. The second-order valence-corrected chi connectivity index (χ2v) is 4.29. The minimum Gasteiger partial charge on any atom is -0.383 e. The number of rotatable bonds is 9. The molecule has 0 radical (unpaired) electrons. The molecule has 1 fully saturated rings. The zero-order chi connectivity index (χ0) is 12.0. The molecule has 94 valence electrons. The molecule has 5 nitrogen and oxygen atoms in total. The van der Waals surface area contributed by atoms with Gasteiger partial charge in [-0.15, -0.1) is 0 Å². The summed E-state index contributed by atoms with van der Waals surface area (Å²) in [6.07, 6.45) is 3.31. The van der Waals surface area contributed by atoms with Gasteiger partial charge in [-0.25, -0.2) is 0 Å². The Kier molecular flexibility index (Phi) is 5.73. The Bertz CT molecular complexity index is 219. The van der Waals surface area contributed by atoms with Gasteiger partial charge in [0.25, 0.3) is 0 Å². The molecule has 0 heterocycles. The van der Waals surface area contributed by atoms with Gasteiger partial charge in [0.15, 0.2) is 0 Å². The van der Waals surface area contributed by atoms with Crippen molar-refractivity contribution in [3.8, 4) is 0 Å². The summed E-state index contributed by atoms with van der Waals surface area (Å²) < 4.78 is 5.08. The van der Waals surface area contributed by atoms with E-state index in [-0.39, 0.29) is 11.9 Å². The van der Waals surface area contributed by atoms with Crippen molar-refractivity contribution in [2.45, 2.75) is 31.3 Å². The summed E-state index contributed by atoms with van der Waals surface area (Å²) in [7, 11) is 3.48. The highest BCUT2D eigenvalue weighted by molar-refractivity contribution is 5.79. The Labute approximate surface area is 97.3 Å². The number of methoxy groups -OCH3 is 1. The molecule has 0 spiro atoms. The van der Waals surface area contributed by atoms with E-state index in [1.165, 1.54) is 12.8 Å². The van der Waals surface area contributed by atoms with Gasteiger partial charge in [0.05, 0.1) is 12.6 Å². The van der Waals surface area contributed by atoms with Gasteiger partial charge in [0, 0.05) is 26.2 Å². The zero-order valence-corrected chi connectivity index (χ0v) is 10.2. The first-order valence-corrected chi connectivity index (χ1v) is 5.88. The lowest BCUT2D eigenvalue weighted by atomic mass is 10.2. The van der Waals surface area contributed by atoms with Crippen molar-refractivity contribution in [2.75, 3.05) is 33.9 Å². The number of nitrogens with zero attached hydrogens (tertiary/aromatic N) is 1. The SMILES string of the molecule is CNC(CCN(CCOC)C1CC1)C(N)=O. The fraction of sp³-hybridized carbons (Fsp3) is 0.909. The Morgan fingerprint density at radius 1 is 1.56 bits per heavy atom. The number of carbonyl (C=O) groups excluding carboxylic acids is 1. The summed E-state index contributed by atoms with van der Waals surface area (Å²) in [5.41, 5.74) is 5.28. The first-order chi connectivity index (χ1) is 7.69. The average molecular weight is 229 g/mol. The fourth-order valence-corrected chi connectivity index (χ4v) is 1.85. The van der Waals surface area contributed by atoms with E-state index in [1.54, 1.807) is 14.2 Å². The van der Waals surface area contributed by atoms with Crippen LogP contribution in [0.5, 0.6) is 0 Å². The molecule has 1 saturated carbocycles. The van der Waals surface area contributed by atoms with Gasteiger partial charge in [-0.3, -0.25) is 9.69 Å². The maximum atomic E-state index is 11.1. The highest BCUT2D eigenvalue weighted by atomic mass is 16.5. The number of nitrogens with two attached hydrogens (primary N) is 1. The standard InChI is InChI=1S/C11H23N3O2/c1-13-10(11(12)15)5-6-14(7-8-16-2)9-3-4-9/h9-10,13H,3-8H2,1-2H3,(H2,12,15). The maximum Gasteiger partial charge on any atom is 0.234 e. The van der Waals surface area contributed by atoms with Crippen LogP contribution in [-0.4, -0.2) is 56.7 Å². The molecule has 1 atom stereocenters. The van der Waals surface area contributed by atoms with E-state index in [0.29, 0.717) is 6.04 Å². The third kappa shape index (κ3) is 4.47. The van der Waals surface area contributed by atoms with E-state index in [1.807, 2.05) is 0 Å². The van der Waals surface area contributed by atoms with Gasteiger partial charge < -0.3 is 15.8 Å². The van der Waals surface area contributed by atoms with Crippen LogP contribution < -0.4 is 11.1 Å². The average Bonchev–Trinajstić information content (AvgIpc) is 3.06. The van der Waals surface area contributed by atoms with Crippen LogP contribution in [0.25, 0.3) is 0 Å². The fourth-order valence-electron chi connectivity index (χ4n) is 1.85. The highest BCUT2D eigenvalue weighted by Gasteiger charge is 2.29. The minimum atomic E-state index is -0.273. The summed E-state index contributed by atoms with van der Waals surface area (Å²) >= 11 is 0. The number of nitrogens with one attached hydrogen (secondary N) is 1. The second-order valence-electron chi connectivity index (χ2n) is 4.29. The molecule has 1 amide bonds. The lowest BCUT2D eigenvalue weighted by Gasteiger charge is -2.23. The van der Waals surface area contributed by atoms with E-state index in [4.69, 9.17) is 10.5 Å². The minimum absolute atomic E-state index is 0.219. The van der Waals surface area contributed by atoms with Gasteiger partial charge >= 0.3 is 0 Å². The normalized spacial score (nSPS) is 17.7. The van der Waals surface area contributed by atoms with Gasteiger partial charge in [-0.1, -0.05) is 0 Å². The molecule has 16 heavy (non-hydrogen) atoms. The molecule has 0 aromatic rings. The first kappa shape index (κ1) is 13.4. The van der Waals surface area contributed by atoms with Crippen molar-refractivity contribution in [3.63, 3.8) is 0 Å². The Morgan fingerprint density at radius 2 is 2.25 bits per heavy atom. The summed E-state index contributed by atoms with van der Waals surface area (Å²) in [5.74, 6) is -0.273. The maximum absolute atomic E-state index is 11.1. The number of amides is 1. The van der Waals surface area contributed by atoms with Gasteiger partial charge in [0.2, 0.25) is 5.91 Å². The largest absolute Gasteiger partial charge is 0.383 e. The van der Waals surface area contributed by atoms with Crippen molar-refractivity contribution < 1.29 is 9.53 Å². The van der Waals surface area contributed by atoms with Crippen LogP contribution >= 0.6 is 0 Å². The summed E-state index contributed by atoms with van der Waals surface area (Å²) in [6, 6.07) is 0.476. The number of carbonyl (C=O) groups is 1. The number of primary amides is 1. The van der Waals surface area contributed by atoms with Crippen molar-refractivity contribution in [1.29, 1.82) is 0 Å². The van der Waals surface area contributed by atoms with Crippen LogP contribution in [0.3, 0.4) is 0 Å². The topological polar surface area (TPSA) is 67.6 Å². The summed E-state index contributed by atoms with van der Waals surface area (Å²) in [5, 5.41) is 2.94. The van der Waals surface area contributed by atoms with Gasteiger partial charge in [-0.2, -0.15) is 0 Å². The van der Waals surface area contributed by atoms with E-state index >= 15 is 0 Å². The molecule has 0 aliphatic heterocycles. The van der Waals surface area contributed by atoms with E-state index in [2.05, 4.69) is 10.2 Å². The highest BCUT2D eigenvalue weighted by Crippen LogP contribution is 2.26. The van der Waals surface area contributed by atoms with E-state index < -0.39 is 0 Å². The molecule has 0 aromatic heterocycles. The summed E-state index contributed by atoms with van der Waals surface area (Å²) in [6.45, 7) is 2.59. The molecular formula is C11H23N3O2.